The zero-order valence-electron chi connectivity index (χ0n) is 8.04. The molecule has 0 bridgehead atoms. The van der Waals surface area contributed by atoms with Crippen LogP contribution in [0.25, 0.3) is 0 Å². The number of hydrogen-bond acceptors (Lipinski definition) is 2. The molecule has 0 unspecified atom stereocenters. The lowest BCUT2D eigenvalue weighted by Crippen LogP contribution is -2.17. The molecule has 0 N–H and O–H groups in total. The topological polar surface area (TPSA) is 16.1 Å². The van der Waals surface area contributed by atoms with E-state index in [2.05, 4.69) is 42.9 Å². The van der Waals surface area contributed by atoms with E-state index in [9.17, 15) is 0 Å². The Morgan fingerprint density at radius 1 is 1.33 bits per heavy atom. The Kier molecular flexibility index (Phi) is 3.09. The highest BCUT2D eigenvalue weighted by Gasteiger charge is 1.98. The van der Waals surface area contributed by atoms with Crippen molar-refractivity contribution in [3.05, 3.63) is 23.9 Å². The van der Waals surface area contributed by atoms with E-state index in [0.717, 1.165) is 24.5 Å². The zero-order valence-corrected chi connectivity index (χ0v) is 8.04. The van der Waals surface area contributed by atoms with E-state index in [1.54, 1.807) is 0 Å². The van der Waals surface area contributed by atoms with Gasteiger partial charge in [0.25, 0.3) is 0 Å². The SMILES string of the molecule is CCc1cccc(N(C)CC)n1. The van der Waals surface area contributed by atoms with Gasteiger partial charge in [0.2, 0.25) is 0 Å². The number of nitrogens with zero attached hydrogens (tertiary/aromatic N) is 2. The molecule has 0 spiro atoms. The first kappa shape index (κ1) is 9.04. The van der Waals surface area contributed by atoms with Crippen LogP contribution < -0.4 is 4.90 Å². The molecule has 66 valence electrons. The normalized spacial score (nSPS) is 9.92. The molecule has 0 saturated heterocycles. The smallest absolute Gasteiger partial charge is 0.128 e. The largest absolute Gasteiger partial charge is 0.360 e. The van der Waals surface area contributed by atoms with Crippen molar-refractivity contribution < 1.29 is 0 Å². The molecular formula is C10H16N2. The molecular weight excluding hydrogens is 148 g/mol. The zero-order chi connectivity index (χ0) is 8.97. The third-order valence-electron chi connectivity index (χ3n) is 2.02. The first-order valence-electron chi connectivity index (χ1n) is 4.45. The summed E-state index contributed by atoms with van der Waals surface area (Å²) in [5.74, 6) is 1.07. The van der Waals surface area contributed by atoms with Gasteiger partial charge in [-0.3, -0.25) is 0 Å². The molecule has 0 aliphatic rings. The minimum absolute atomic E-state index is 1.00. The Balaban J connectivity index is 2.86. The van der Waals surface area contributed by atoms with Gasteiger partial charge in [-0.05, 0) is 25.5 Å². The van der Waals surface area contributed by atoms with Gasteiger partial charge in [-0.1, -0.05) is 13.0 Å². The summed E-state index contributed by atoms with van der Waals surface area (Å²) in [4.78, 5) is 6.63. The van der Waals surface area contributed by atoms with Crippen LogP contribution in [0.1, 0.15) is 19.5 Å². The maximum absolute atomic E-state index is 4.49. The van der Waals surface area contributed by atoms with Crippen LogP contribution in [-0.4, -0.2) is 18.6 Å². The van der Waals surface area contributed by atoms with Crippen molar-refractivity contribution >= 4 is 5.82 Å². The number of aromatic nitrogens is 1. The lowest BCUT2D eigenvalue weighted by Gasteiger charge is -2.15. The highest BCUT2D eigenvalue weighted by atomic mass is 15.2. The predicted octanol–water partition coefficient (Wildman–Crippen LogP) is 2.10. The summed E-state index contributed by atoms with van der Waals surface area (Å²) in [6.07, 6.45) is 1.01. The highest BCUT2D eigenvalue weighted by Crippen LogP contribution is 2.09. The summed E-state index contributed by atoms with van der Waals surface area (Å²) in [5.41, 5.74) is 1.16. The first-order valence-corrected chi connectivity index (χ1v) is 4.45. The molecule has 12 heavy (non-hydrogen) atoms. The number of rotatable bonds is 3. The van der Waals surface area contributed by atoms with Crippen LogP contribution in [0.5, 0.6) is 0 Å². The molecule has 0 radical (unpaired) electrons. The lowest BCUT2D eigenvalue weighted by molar-refractivity contribution is 0.916. The van der Waals surface area contributed by atoms with Crippen molar-refractivity contribution in [2.24, 2.45) is 0 Å². The molecule has 2 heteroatoms. The van der Waals surface area contributed by atoms with Crippen molar-refractivity contribution in [3.8, 4) is 0 Å². The van der Waals surface area contributed by atoms with E-state index in [-0.39, 0.29) is 0 Å². The van der Waals surface area contributed by atoms with E-state index in [0.29, 0.717) is 0 Å². The molecule has 1 aromatic heterocycles. The van der Waals surface area contributed by atoms with Crippen LogP contribution in [0.2, 0.25) is 0 Å². The van der Waals surface area contributed by atoms with Gasteiger partial charge in [-0.25, -0.2) is 4.98 Å². The van der Waals surface area contributed by atoms with E-state index < -0.39 is 0 Å². The molecule has 0 aromatic carbocycles. The van der Waals surface area contributed by atoms with Crippen molar-refractivity contribution in [2.45, 2.75) is 20.3 Å². The third kappa shape index (κ3) is 1.97. The van der Waals surface area contributed by atoms with Gasteiger partial charge in [0.15, 0.2) is 0 Å². The van der Waals surface area contributed by atoms with Crippen LogP contribution in [0.3, 0.4) is 0 Å². The fraction of sp³-hybridized carbons (Fsp3) is 0.500. The van der Waals surface area contributed by atoms with Gasteiger partial charge in [0.05, 0.1) is 0 Å². The van der Waals surface area contributed by atoms with Crippen LogP contribution in [0, 0.1) is 0 Å². The van der Waals surface area contributed by atoms with Crippen LogP contribution in [0.15, 0.2) is 18.2 Å². The number of hydrogen-bond donors (Lipinski definition) is 0. The predicted molar refractivity (Wildman–Crippen MR) is 52.6 cm³/mol. The first-order chi connectivity index (χ1) is 5.77. The van der Waals surface area contributed by atoms with E-state index in [1.165, 1.54) is 0 Å². The Labute approximate surface area is 74.2 Å². The van der Waals surface area contributed by atoms with Crippen LogP contribution >= 0.6 is 0 Å². The molecule has 0 amide bonds. The standard InChI is InChI=1S/C10H16N2/c1-4-9-7-6-8-10(11-9)12(3)5-2/h6-8H,4-5H2,1-3H3. The number of aryl methyl sites for hydroxylation is 1. The third-order valence-corrected chi connectivity index (χ3v) is 2.02. The second-order valence-corrected chi connectivity index (χ2v) is 2.85. The fourth-order valence-electron chi connectivity index (χ4n) is 1.04. The van der Waals surface area contributed by atoms with Gasteiger partial charge in [0, 0.05) is 19.3 Å². The van der Waals surface area contributed by atoms with Crippen LogP contribution in [0.4, 0.5) is 5.82 Å². The average molecular weight is 164 g/mol. The average Bonchev–Trinajstić information content (AvgIpc) is 2.17. The van der Waals surface area contributed by atoms with E-state index >= 15 is 0 Å². The summed E-state index contributed by atoms with van der Waals surface area (Å²) in [6.45, 7) is 5.25. The van der Waals surface area contributed by atoms with Gasteiger partial charge < -0.3 is 4.90 Å². The van der Waals surface area contributed by atoms with Gasteiger partial charge in [-0.15, -0.1) is 0 Å². The van der Waals surface area contributed by atoms with Gasteiger partial charge >= 0.3 is 0 Å². The molecule has 1 rings (SSSR count). The summed E-state index contributed by atoms with van der Waals surface area (Å²) < 4.78 is 0. The van der Waals surface area contributed by atoms with E-state index in [4.69, 9.17) is 0 Å². The Hall–Kier alpha value is -1.05. The Bertz CT molecular complexity index is 245. The number of anilines is 1. The van der Waals surface area contributed by atoms with Crippen molar-refractivity contribution in [3.63, 3.8) is 0 Å². The summed E-state index contributed by atoms with van der Waals surface area (Å²) in [6, 6.07) is 6.17. The minimum Gasteiger partial charge on any atom is -0.360 e. The quantitative estimate of drug-likeness (QED) is 0.680. The summed E-state index contributed by atoms with van der Waals surface area (Å²) >= 11 is 0. The maximum atomic E-state index is 4.49. The molecule has 0 atom stereocenters. The number of pyridine rings is 1. The molecule has 2 nitrogen and oxygen atoms in total. The molecule has 0 fully saturated rings. The van der Waals surface area contributed by atoms with Crippen molar-refractivity contribution in [1.82, 2.24) is 4.98 Å². The van der Waals surface area contributed by atoms with Crippen LogP contribution in [-0.2, 0) is 6.42 Å². The molecule has 1 heterocycles. The second kappa shape index (κ2) is 4.10. The van der Waals surface area contributed by atoms with Crippen molar-refractivity contribution in [2.75, 3.05) is 18.5 Å². The van der Waals surface area contributed by atoms with Gasteiger partial charge in [0.1, 0.15) is 5.82 Å². The second-order valence-electron chi connectivity index (χ2n) is 2.85. The molecule has 1 aromatic rings. The van der Waals surface area contributed by atoms with Crippen molar-refractivity contribution in [1.29, 1.82) is 0 Å². The molecule has 0 aliphatic heterocycles. The Morgan fingerprint density at radius 3 is 2.67 bits per heavy atom. The maximum Gasteiger partial charge on any atom is 0.128 e. The summed E-state index contributed by atoms with van der Waals surface area (Å²) in [7, 11) is 2.06. The van der Waals surface area contributed by atoms with E-state index in [1.807, 2.05) is 6.07 Å². The Morgan fingerprint density at radius 2 is 2.08 bits per heavy atom. The fourth-order valence-corrected chi connectivity index (χ4v) is 1.04. The highest BCUT2D eigenvalue weighted by molar-refractivity contribution is 5.37. The minimum atomic E-state index is 1.00. The molecule has 0 saturated carbocycles. The monoisotopic (exact) mass is 164 g/mol. The van der Waals surface area contributed by atoms with Gasteiger partial charge in [-0.2, -0.15) is 0 Å². The summed E-state index contributed by atoms with van der Waals surface area (Å²) in [5, 5.41) is 0. The lowest BCUT2D eigenvalue weighted by atomic mass is 10.3. The molecule has 0 aliphatic carbocycles.